The van der Waals surface area contributed by atoms with Crippen LogP contribution >= 0.6 is 34.8 Å². The monoisotopic (exact) mass is 300 g/mol. The molecule has 0 atom stereocenters. The molecule has 0 amide bonds. The fraction of sp³-hybridized carbons (Fsp3) is 0.231. The molecular weight excluding hydrogens is 291 g/mol. The minimum Gasteiger partial charge on any atom is -0.216 e. The van der Waals surface area contributed by atoms with Gasteiger partial charge in [0.15, 0.2) is 5.82 Å². The summed E-state index contributed by atoms with van der Waals surface area (Å²) < 4.78 is 0. The van der Waals surface area contributed by atoms with Gasteiger partial charge in [0.25, 0.3) is 0 Å². The Morgan fingerprint density at radius 1 is 1.06 bits per heavy atom. The standard InChI is InChI=1S/C13H11Cl3N2/c1-3-9-11(15)17-13(18-12(9)16)8-5-4-7(2)10(14)6-8/h4-6H,3H2,1-2H3. The molecule has 2 aromatic rings. The highest BCUT2D eigenvalue weighted by molar-refractivity contribution is 6.34. The van der Waals surface area contributed by atoms with Gasteiger partial charge in [-0.05, 0) is 25.0 Å². The third kappa shape index (κ3) is 2.61. The maximum atomic E-state index is 6.09. The highest BCUT2D eigenvalue weighted by Crippen LogP contribution is 2.28. The zero-order valence-electron chi connectivity index (χ0n) is 9.97. The lowest BCUT2D eigenvalue weighted by atomic mass is 10.1. The number of benzene rings is 1. The molecule has 0 bridgehead atoms. The van der Waals surface area contributed by atoms with E-state index < -0.39 is 0 Å². The molecule has 0 spiro atoms. The summed E-state index contributed by atoms with van der Waals surface area (Å²) in [5.74, 6) is 0.490. The van der Waals surface area contributed by atoms with Crippen molar-refractivity contribution >= 4 is 34.8 Å². The lowest BCUT2D eigenvalue weighted by Crippen LogP contribution is -1.96. The Balaban J connectivity index is 2.54. The third-order valence-corrected chi connectivity index (χ3v) is 3.72. The lowest BCUT2D eigenvalue weighted by molar-refractivity contribution is 1.05. The number of rotatable bonds is 2. The predicted molar refractivity (Wildman–Crippen MR) is 76.6 cm³/mol. The third-order valence-electron chi connectivity index (χ3n) is 2.69. The van der Waals surface area contributed by atoms with Crippen molar-refractivity contribution in [1.82, 2.24) is 9.97 Å². The minimum absolute atomic E-state index is 0.393. The zero-order chi connectivity index (χ0) is 13.3. The molecule has 18 heavy (non-hydrogen) atoms. The molecule has 1 heterocycles. The number of halogens is 3. The van der Waals surface area contributed by atoms with Gasteiger partial charge in [-0.1, -0.05) is 53.9 Å². The fourth-order valence-electron chi connectivity index (χ4n) is 1.58. The van der Waals surface area contributed by atoms with E-state index in [1.165, 1.54) is 0 Å². The van der Waals surface area contributed by atoms with Crippen molar-refractivity contribution in [1.29, 1.82) is 0 Å². The number of aromatic nitrogens is 2. The minimum atomic E-state index is 0.393. The molecule has 0 aliphatic carbocycles. The van der Waals surface area contributed by atoms with Gasteiger partial charge in [0, 0.05) is 16.1 Å². The molecule has 0 saturated carbocycles. The summed E-state index contributed by atoms with van der Waals surface area (Å²) in [4.78, 5) is 8.51. The van der Waals surface area contributed by atoms with Gasteiger partial charge in [-0.25, -0.2) is 9.97 Å². The summed E-state index contributed by atoms with van der Waals surface area (Å²) >= 11 is 18.3. The van der Waals surface area contributed by atoms with Crippen LogP contribution in [0.4, 0.5) is 0 Å². The van der Waals surface area contributed by atoms with Crippen LogP contribution in [0.15, 0.2) is 18.2 Å². The summed E-state index contributed by atoms with van der Waals surface area (Å²) in [5.41, 5.74) is 2.57. The molecule has 0 fully saturated rings. The van der Waals surface area contributed by atoms with Crippen molar-refractivity contribution in [3.05, 3.63) is 44.7 Å². The molecule has 0 saturated heterocycles. The Bertz CT molecular complexity index is 574. The lowest BCUT2D eigenvalue weighted by Gasteiger charge is -2.07. The van der Waals surface area contributed by atoms with Crippen LogP contribution in [0, 0.1) is 6.92 Å². The van der Waals surface area contributed by atoms with Crippen LogP contribution < -0.4 is 0 Å². The molecule has 2 nitrogen and oxygen atoms in total. The van der Waals surface area contributed by atoms with E-state index in [0.717, 1.165) is 16.7 Å². The summed E-state index contributed by atoms with van der Waals surface area (Å²) in [6.45, 7) is 3.89. The fourth-order valence-corrected chi connectivity index (χ4v) is 2.42. The molecule has 0 unspecified atom stereocenters. The van der Waals surface area contributed by atoms with E-state index in [0.29, 0.717) is 27.6 Å². The second kappa shape index (κ2) is 5.43. The van der Waals surface area contributed by atoms with Crippen molar-refractivity contribution in [3.63, 3.8) is 0 Å². The van der Waals surface area contributed by atoms with E-state index in [9.17, 15) is 0 Å². The van der Waals surface area contributed by atoms with Gasteiger partial charge in [0.1, 0.15) is 10.3 Å². The van der Waals surface area contributed by atoms with Crippen molar-refractivity contribution in [3.8, 4) is 11.4 Å². The summed E-state index contributed by atoms with van der Waals surface area (Å²) in [6.07, 6.45) is 0.701. The van der Waals surface area contributed by atoms with Crippen LogP contribution in [-0.2, 0) is 6.42 Å². The smallest absolute Gasteiger partial charge is 0.162 e. The quantitative estimate of drug-likeness (QED) is 0.731. The summed E-state index contributed by atoms with van der Waals surface area (Å²) in [7, 11) is 0. The van der Waals surface area contributed by atoms with Crippen molar-refractivity contribution in [2.75, 3.05) is 0 Å². The Labute approximate surface area is 121 Å². The van der Waals surface area contributed by atoms with Gasteiger partial charge in [-0.3, -0.25) is 0 Å². The van der Waals surface area contributed by atoms with Gasteiger partial charge in [0.05, 0.1) is 0 Å². The first kappa shape index (κ1) is 13.6. The predicted octanol–water partition coefficient (Wildman–Crippen LogP) is 4.97. The van der Waals surface area contributed by atoms with Crippen molar-refractivity contribution in [2.24, 2.45) is 0 Å². The Morgan fingerprint density at radius 3 is 2.17 bits per heavy atom. The van der Waals surface area contributed by atoms with E-state index >= 15 is 0 Å². The molecule has 94 valence electrons. The molecule has 0 radical (unpaired) electrons. The molecule has 5 heteroatoms. The highest BCUT2D eigenvalue weighted by atomic mass is 35.5. The maximum absolute atomic E-state index is 6.09. The molecule has 1 aromatic carbocycles. The Morgan fingerprint density at radius 2 is 1.67 bits per heavy atom. The number of nitrogens with zero attached hydrogens (tertiary/aromatic N) is 2. The summed E-state index contributed by atoms with van der Waals surface area (Å²) in [5, 5.41) is 1.45. The second-order valence-corrected chi connectivity index (χ2v) is 5.05. The maximum Gasteiger partial charge on any atom is 0.162 e. The first-order valence-electron chi connectivity index (χ1n) is 5.51. The topological polar surface area (TPSA) is 25.8 Å². The number of aryl methyl sites for hydroxylation is 1. The van der Waals surface area contributed by atoms with Crippen molar-refractivity contribution in [2.45, 2.75) is 20.3 Å². The molecule has 0 aliphatic rings. The summed E-state index contributed by atoms with van der Waals surface area (Å²) in [6, 6.07) is 5.62. The average molecular weight is 302 g/mol. The van der Waals surface area contributed by atoms with Gasteiger partial charge in [-0.2, -0.15) is 0 Å². The zero-order valence-corrected chi connectivity index (χ0v) is 12.2. The van der Waals surface area contributed by atoms with Gasteiger partial charge in [-0.15, -0.1) is 0 Å². The van der Waals surface area contributed by atoms with E-state index in [2.05, 4.69) is 9.97 Å². The van der Waals surface area contributed by atoms with E-state index in [-0.39, 0.29) is 0 Å². The van der Waals surface area contributed by atoms with Crippen LogP contribution in [0.2, 0.25) is 15.3 Å². The Kier molecular flexibility index (Phi) is 4.10. The number of hydrogen-bond acceptors (Lipinski definition) is 2. The SMILES string of the molecule is CCc1c(Cl)nc(-c2ccc(C)c(Cl)c2)nc1Cl. The first-order chi connectivity index (χ1) is 8.52. The molecule has 2 rings (SSSR count). The largest absolute Gasteiger partial charge is 0.216 e. The average Bonchev–Trinajstić information content (AvgIpc) is 2.32. The molecular formula is C13H11Cl3N2. The second-order valence-electron chi connectivity index (χ2n) is 3.92. The van der Waals surface area contributed by atoms with E-state index in [1.807, 2.05) is 32.0 Å². The van der Waals surface area contributed by atoms with Crippen LogP contribution in [-0.4, -0.2) is 9.97 Å². The van der Waals surface area contributed by atoms with Crippen LogP contribution in [0.3, 0.4) is 0 Å². The van der Waals surface area contributed by atoms with Crippen LogP contribution in [0.5, 0.6) is 0 Å². The van der Waals surface area contributed by atoms with E-state index in [1.54, 1.807) is 0 Å². The molecule has 1 aromatic heterocycles. The normalized spacial score (nSPS) is 10.7. The van der Waals surface area contributed by atoms with Gasteiger partial charge >= 0.3 is 0 Å². The van der Waals surface area contributed by atoms with Crippen LogP contribution in [0.25, 0.3) is 11.4 Å². The van der Waals surface area contributed by atoms with Crippen LogP contribution in [0.1, 0.15) is 18.1 Å². The molecule has 0 N–H and O–H groups in total. The van der Waals surface area contributed by atoms with Crippen molar-refractivity contribution < 1.29 is 0 Å². The number of hydrogen-bond donors (Lipinski definition) is 0. The van der Waals surface area contributed by atoms with Gasteiger partial charge in [0.2, 0.25) is 0 Å². The first-order valence-corrected chi connectivity index (χ1v) is 6.64. The highest BCUT2D eigenvalue weighted by Gasteiger charge is 2.11. The Hall–Kier alpha value is -0.830. The molecule has 0 aliphatic heterocycles. The van der Waals surface area contributed by atoms with E-state index in [4.69, 9.17) is 34.8 Å². The van der Waals surface area contributed by atoms with Gasteiger partial charge < -0.3 is 0 Å².